The summed E-state index contributed by atoms with van der Waals surface area (Å²) in [6.45, 7) is 5.43. The van der Waals surface area contributed by atoms with Crippen LogP contribution in [-0.2, 0) is 9.53 Å². The molecule has 0 rings (SSSR count). The maximum absolute atomic E-state index is 10.6. The summed E-state index contributed by atoms with van der Waals surface area (Å²) in [6, 6.07) is -0.676. The van der Waals surface area contributed by atoms with E-state index in [4.69, 9.17) is 5.73 Å². The molecule has 0 aliphatic heterocycles. The van der Waals surface area contributed by atoms with E-state index in [0.717, 1.165) is 0 Å². The van der Waals surface area contributed by atoms with E-state index >= 15 is 0 Å². The molecule has 0 aliphatic carbocycles. The highest BCUT2D eigenvalue weighted by molar-refractivity contribution is 5.77. The second-order valence-electron chi connectivity index (χ2n) is 1.51. The number of hydrogen-bond acceptors (Lipinski definition) is 3. The first-order valence-corrected chi connectivity index (χ1v) is 2.77. The highest BCUT2D eigenvalue weighted by atomic mass is 16.5. The molecule has 3 heteroatoms. The minimum absolute atomic E-state index is 0.361. The first kappa shape index (κ1) is 8.17. The molecule has 0 radical (unpaired) electrons. The van der Waals surface area contributed by atoms with Gasteiger partial charge >= 0.3 is 5.97 Å². The van der Waals surface area contributed by atoms with Crippen molar-refractivity contribution in [1.82, 2.24) is 0 Å². The lowest BCUT2D eigenvalue weighted by Gasteiger charge is -2.03. The van der Waals surface area contributed by atoms with Crippen LogP contribution in [0.2, 0.25) is 0 Å². The molecule has 9 heavy (non-hydrogen) atoms. The fourth-order valence-electron chi connectivity index (χ4n) is 0.335. The van der Waals surface area contributed by atoms with Gasteiger partial charge < -0.3 is 10.5 Å². The molecular formula is C6H11NO2. The van der Waals surface area contributed by atoms with Crippen molar-refractivity contribution in [3.63, 3.8) is 0 Å². The Balaban J connectivity index is 3.58. The highest BCUT2D eigenvalue weighted by Crippen LogP contribution is 1.84. The molecule has 0 fully saturated rings. The Morgan fingerprint density at radius 2 is 2.56 bits per heavy atom. The molecule has 1 atom stereocenters. The van der Waals surface area contributed by atoms with E-state index in [2.05, 4.69) is 11.3 Å². The average molecular weight is 129 g/mol. The number of carbonyl (C=O) groups excluding carboxylic acids is 1. The summed E-state index contributed by atoms with van der Waals surface area (Å²) in [5.74, 6) is -0.424. The van der Waals surface area contributed by atoms with Crippen LogP contribution in [0.5, 0.6) is 0 Å². The lowest BCUT2D eigenvalue weighted by Crippen LogP contribution is -2.29. The molecule has 0 aromatic heterocycles. The van der Waals surface area contributed by atoms with Crippen molar-refractivity contribution in [2.45, 2.75) is 13.0 Å². The second kappa shape index (κ2) is 4.09. The molecule has 0 saturated carbocycles. The van der Waals surface area contributed by atoms with Crippen LogP contribution in [0.4, 0.5) is 0 Å². The quantitative estimate of drug-likeness (QED) is 0.433. The summed E-state index contributed by atoms with van der Waals surface area (Å²) >= 11 is 0. The van der Waals surface area contributed by atoms with Crippen molar-refractivity contribution in [2.75, 3.05) is 6.61 Å². The molecule has 0 aromatic carbocycles. The minimum Gasteiger partial charge on any atom is -0.465 e. The largest absolute Gasteiger partial charge is 0.465 e. The summed E-state index contributed by atoms with van der Waals surface area (Å²) in [5.41, 5.74) is 5.21. The molecule has 0 amide bonds. The summed E-state index contributed by atoms with van der Waals surface area (Å²) in [5, 5.41) is 0. The molecule has 0 unspecified atom stereocenters. The molecule has 0 aliphatic rings. The monoisotopic (exact) mass is 129 g/mol. The van der Waals surface area contributed by atoms with Gasteiger partial charge in [-0.1, -0.05) is 6.08 Å². The molecule has 2 N–H and O–H groups in total. The van der Waals surface area contributed by atoms with Gasteiger partial charge in [0.05, 0.1) is 6.61 Å². The van der Waals surface area contributed by atoms with E-state index in [1.165, 1.54) is 6.08 Å². The van der Waals surface area contributed by atoms with Crippen LogP contribution in [0, 0.1) is 0 Å². The molecule has 0 saturated heterocycles. The van der Waals surface area contributed by atoms with Crippen molar-refractivity contribution in [2.24, 2.45) is 5.73 Å². The standard InChI is InChI=1S/C6H11NO2/c1-3-5(7)6(8)9-4-2/h3,5H,1,4,7H2,2H3/t5-/m0/s1. The smallest absolute Gasteiger partial charge is 0.326 e. The van der Waals surface area contributed by atoms with Gasteiger partial charge in [-0.2, -0.15) is 0 Å². The number of carbonyl (C=O) groups is 1. The predicted octanol–water partition coefficient (Wildman–Crippen LogP) is 0.0628. The van der Waals surface area contributed by atoms with Gasteiger partial charge in [-0.15, -0.1) is 6.58 Å². The zero-order valence-corrected chi connectivity index (χ0v) is 5.46. The highest BCUT2D eigenvalue weighted by Gasteiger charge is 2.07. The van der Waals surface area contributed by atoms with Gasteiger partial charge in [0.1, 0.15) is 6.04 Å². The van der Waals surface area contributed by atoms with E-state index in [-0.39, 0.29) is 0 Å². The van der Waals surface area contributed by atoms with Gasteiger partial charge in [-0.3, -0.25) is 4.79 Å². The third-order valence-electron chi connectivity index (χ3n) is 0.813. The fourth-order valence-corrected chi connectivity index (χ4v) is 0.335. The normalized spacial score (nSPS) is 12.2. The van der Waals surface area contributed by atoms with Crippen LogP contribution < -0.4 is 5.73 Å². The van der Waals surface area contributed by atoms with Crippen LogP contribution in [-0.4, -0.2) is 18.6 Å². The van der Waals surface area contributed by atoms with Gasteiger partial charge in [0.25, 0.3) is 0 Å². The molecular weight excluding hydrogens is 118 g/mol. The van der Waals surface area contributed by atoms with Crippen molar-refractivity contribution >= 4 is 5.97 Å². The summed E-state index contributed by atoms with van der Waals surface area (Å²) < 4.78 is 4.56. The van der Waals surface area contributed by atoms with Crippen molar-refractivity contribution in [3.8, 4) is 0 Å². The Morgan fingerprint density at radius 3 is 2.89 bits per heavy atom. The zero-order valence-electron chi connectivity index (χ0n) is 5.46. The van der Waals surface area contributed by atoms with Gasteiger partial charge in [0, 0.05) is 0 Å². The van der Waals surface area contributed by atoms with Crippen molar-refractivity contribution in [3.05, 3.63) is 12.7 Å². The number of hydrogen-bond donors (Lipinski definition) is 1. The van der Waals surface area contributed by atoms with Gasteiger partial charge in [-0.25, -0.2) is 0 Å². The van der Waals surface area contributed by atoms with Crippen LogP contribution in [0.25, 0.3) is 0 Å². The number of nitrogens with two attached hydrogens (primary N) is 1. The van der Waals surface area contributed by atoms with Gasteiger partial charge in [0.2, 0.25) is 0 Å². The maximum atomic E-state index is 10.6. The average Bonchev–Trinajstić information content (AvgIpc) is 1.87. The number of rotatable bonds is 3. The molecule has 0 aromatic rings. The molecule has 0 spiro atoms. The van der Waals surface area contributed by atoms with Crippen LogP contribution in [0.15, 0.2) is 12.7 Å². The number of esters is 1. The third-order valence-corrected chi connectivity index (χ3v) is 0.813. The Bertz CT molecular complexity index is 112. The lowest BCUT2D eigenvalue weighted by molar-refractivity contribution is -0.143. The van der Waals surface area contributed by atoms with E-state index in [1.807, 2.05) is 0 Å². The summed E-state index contributed by atoms with van der Waals surface area (Å²) in [4.78, 5) is 10.6. The second-order valence-corrected chi connectivity index (χ2v) is 1.51. The van der Waals surface area contributed by atoms with E-state index in [1.54, 1.807) is 6.92 Å². The van der Waals surface area contributed by atoms with E-state index < -0.39 is 12.0 Å². The Labute approximate surface area is 54.5 Å². The fraction of sp³-hybridized carbons (Fsp3) is 0.500. The Morgan fingerprint density at radius 1 is 2.00 bits per heavy atom. The topological polar surface area (TPSA) is 52.3 Å². The van der Waals surface area contributed by atoms with Crippen molar-refractivity contribution < 1.29 is 9.53 Å². The van der Waals surface area contributed by atoms with Crippen LogP contribution in [0.3, 0.4) is 0 Å². The van der Waals surface area contributed by atoms with Crippen LogP contribution in [0.1, 0.15) is 6.92 Å². The zero-order chi connectivity index (χ0) is 7.28. The first-order valence-electron chi connectivity index (χ1n) is 2.77. The lowest BCUT2D eigenvalue weighted by atomic mass is 10.3. The van der Waals surface area contributed by atoms with E-state index in [9.17, 15) is 4.79 Å². The van der Waals surface area contributed by atoms with Crippen LogP contribution >= 0.6 is 0 Å². The molecule has 0 bridgehead atoms. The Hall–Kier alpha value is -0.830. The number of ether oxygens (including phenoxy) is 1. The SMILES string of the molecule is C=C[C@H](N)C(=O)OCC. The van der Waals surface area contributed by atoms with Gasteiger partial charge in [0.15, 0.2) is 0 Å². The summed E-state index contributed by atoms with van der Waals surface area (Å²) in [7, 11) is 0. The molecule has 0 heterocycles. The Kier molecular flexibility index (Phi) is 3.71. The maximum Gasteiger partial charge on any atom is 0.326 e. The third kappa shape index (κ3) is 2.87. The minimum atomic E-state index is -0.676. The van der Waals surface area contributed by atoms with Crippen molar-refractivity contribution in [1.29, 1.82) is 0 Å². The molecule has 52 valence electrons. The van der Waals surface area contributed by atoms with Gasteiger partial charge in [-0.05, 0) is 6.92 Å². The first-order chi connectivity index (χ1) is 4.22. The van der Waals surface area contributed by atoms with E-state index in [0.29, 0.717) is 6.61 Å². The molecule has 3 nitrogen and oxygen atoms in total. The summed E-state index contributed by atoms with van der Waals surface area (Å²) in [6.07, 6.45) is 1.35. The predicted molar refractivity (Wildman–Crippen MR) is 34.8 cm³/mol.